The fraction of sp³-hybridized carbons (Fsp3) is 0.444. The van der Waals surface area contributed by atoms with Crippen molar-refractivity contribution in [3.05, 3.63) is 59.9 Å². The highest BCUT2D eigenvalue weighted by Gasteiger charge is 2.28. The maximum atomic E-state index is 12.6. The van der Waals surface area contributed by atoms with Gasteiger partial charge in [-0.3, -0.25) is 0 Å². The number of hydrogen-bond acceptors (Lipinski definition) is 6. The molecule has 10 heteroatoms. The SMILES string of the molecule is CCc1nc(Cn2c(-c3ccc(N4[C@@H](C)CC[C@@H]4C)nc3)nc3cc(CNCC(F)(F)F)ccc32)co1. The molecule has 0 aliphatic carbocycles. The second-order valence-electron chi connectivity index (χ2n) is 9.74. The second-order valence-corrected chi connectivity index (χ2v) is 9.74. The van der Waals surface area contributed by atoms with E-state index < -0.39 is 12.7 Å². The quantitative estimate of drug-likeness (QED) is 0.325. The summed E-state index contributed by atoms with van der Waals surface area (Å²) in [4.78, 5) is 16.6. The number of aryl methyl sites for hydroxylation is 1. The lowest BCUT2D eigenvalue weighted by molar-refractivity contribution is -0.125. The standard InChI is InChI=1S/C27H31F3N6O/c1-4-25-33-21(15-37-25)14-35-23-9-7-19(12-31-16-27(28,29)30)11-22(23)34-26(35)20-8-10-24(32-13-20)36-17(2)5-6-18(36)3/h7-11,13,15,17-18,31H,4-6,12,14,16H2,1-3H3/t17-,18-/m0/s1. The van der Waals surface area contributed by atoms with Crippen LogP contribution in [0.5, 0.6) is 0 Å². The lowest BCUT2D eigenvalue weighted by Gasteiger charge is -2.27. The highest BCUT2D eigenvalue weighted by atomic mass is 19.4. The number of aromatic nitrogens is 4. The number of anilines is 1. The molecule has 4 aromatic rings. The van der Waals surface area contributed by atoms with Gasteiger partial charge in [-0.25, -0.2) is 15.0 Å². The van der Waals surface area contributed by atoms with Gasteiger partial charge in [0, 0.05) is 36.8 Å². The average molecular weight is 513 g/mol. The van der Waals surface area contributed by atoms with Crippen molar-refractivity contribution in [3.8, 4) is 11.4 Å². The summed E-state index contributed by atoms with van der Waals surface area (Å²) in [6.45, 7) is 5.94. The van der Waals surface area contributed by atoms with E-state index in [0.717, 1.165) is 46.8 Å². The summed E-state index contributed by atoms with van der Waals surface area (Å²) < 4.78 is 45.3. The molecule has 196 valence electrons. The monoisotopic (exact) mass is 512 g/mol. The van der Waals surface area contributed by atoms with E-state index in [4.69, 9.17) is 14.4 Å². The van der Waals surface area contributed by atoms with Gasteiger partial charge < -0.3 is 19.2 Å². The molecule has 1 aliphatic heterocycles. The number of benzene rings is 1. The van der Waals surface area contributed by atoms with E-state index in [0.29, 0.717) is 36.5 Å². The van der Waals surface area contributed by atoms with Crippen molar-refractivity contribution in [2.45, 2.75) is 71.4 Å². The number of nitrogens with one attached hydrogen (secondary N) is 1. The first-order valence-electron chi connectivity index (χ1n) is 12.7. The van der Waals surface area contributed by atoms with E-state index in [1.165, 1.54) is 0 Å². The summed E-state index contributed by atoms with van der Waals surface area (Å²) in [6, 6.07) is 10.5. The van der Waals surface area contributed by atoms with Gasteiger partial charge in [0.25, 0.3) is 0 Å². The third-order valence-corrected chi connectivity index (χ3v) is 6.91. The second kappa shape index (κ2) is 10.2. The molecule has 2 atom stereocenters. The van der Waals surface area contributed by atoms with Crippen LogP contribution >= 0.6 is 0 Å². The summed E-state index contributed by atoms with van der Waals surface area (Å²) in [5.74, 6) is 2.34. The number of halogens is 3. The first-order chi connectivity index (χ1) is 17.7. The predicted octanol–water partition coefficient (Wildman–Crippen LogP) is 5.73. The first-order valence-corrected chi connectivity index (χ1v) is 12.7. The Kier molecular flexibility index (Phi) is 6.94. The summed E-state index contributed by atoms with van der Waals surface area (Å²) in [5.41, 5.74) is 3.93. The normalized spacial score (nSPS) is 18.3. The molecule has 1 N–H and O–H groups in total. The van der Waals surface area contributed by atoms with Crippen molar-refractivity contribution >= 4 is 16.9 Å². The number of rotatable bonds is 8. The van der Waals surface area contributed by atoms with Crippen LogP contribution in [0.3, 0.4) is 0 Å². The molecule has 37 heavy (non-hydrogen) atoms. The number of pyridine rings is 1. The van der Waals surface area contributed by atoms with E-state index >= 15 is 0 Å². The van der Waals surface area contributed by atoms with E-state index in [1.807, 2.05) is 43.5 Å². The van der Waals surface area contributed by atoms with E-state index in [2.05, 4.69) is 33.6 Å². The molecule has 0 radical (unpaired) electrons. The molecule has 0 bridgehead atoms. The molecular weight excluding hydrogens is 481 g/mol. The topological polar surface area (TPSA) is 72.0 Å². The lowest BCUT2D eigenvalue weighted by atomic mass is 10.2. The highest BCUT2D eigenvalue weighted by molar-refractivity contribution is 5.81. The van der Waals surface area contributed by atoms with Gasteiger partial charge in [0.15, 0.2) is 5.89 Å². The van der Waals surface area contributed by atoms with Crippen LogP contribution < -0.4 is 10.2 Å². The van der Waals surface area contributed by atoms with Crippen molar-refractivity contribution in [2.24, 2.45) is 0 Å². The Morgan fingerprint density at radius 1 is 1.08 bits per heavy atom. The number of oxazole rings is 1. The molecule has 7 nitrogen and oxygen atoms in total. The number of fused-ring (bicyclic) bond motifs is 1. The molecule has 1 aromatic carbocycles. The van der Waals surface area contributed by atoms with Crippen LogP contribution in [0.1, 0.15) is 50.8 Å². The van der Waals surface area contributed by atoms with Gasteiger partial charge in [-0.2, -0.15) is 13.2 Å². The van der Waals surface area contributed by atoms with Gasteiger partial charge in [-0.15, -0.1) is 0 Å². The van der Waals surface area contributed by atoms with Crippen molar-refractivity contribution < 1.29 is 17.6 Å². The number of alkyl halides is 3. The van der Waals surface area contributed by atoms with Crippen LogP contribution in [-0.2, 0) is 19.5 Å². The van der Waals surface area contributed by atoms with Gasteiger partial charge in [0.1, 0.15) is 17.9 Å². The molecule has 1 saturated heterocycles. The maximum Gasteiger partial charge on any atom is 0.401 e. The Hall–Kier alpha value is -3.40. The Morgan fingerprint density at radius 2 is 1.86 bits per heavy atom. The van der Waals surface area contributed by atoms with Gasteiger partial charge in [0.05, 0.1) is 29.8 Å². The molecule has 3 aromatic heterocycles. The number of imidazole rings is 1. The highest BCUT2D eigenvalue weighted by Crippen LogP contribution is 2.31. The van der Waals surface area contributed by atoms with Crippen molar-refractivity contribution in [1.29, 1.82) is 0 Å². The molecule has 0 unspecified atom stereocenters. The Labute approximate surface area is 213 Å². The van der Waals surface area contributed by atoms with Gasteiger partial charge in [0.2, 0.25) is 0 Å². The smallest absolute Gasteiger partial charge is 0.401 e. The van der Waals surface area contributed by atoms with Gasteiger partial charge in [-0.1, -0.05) is 13.0 Å². The van der Waals surface area contributed by atoms with Crippen molar-refractivity contribution in [3.63, 3.8) is 0 Å². The van der Waals surface area contributed by atoms with E-state index in [9.17, 15) is 13.2 Å². The maximum absolute atomic E-state index is 12.6. The van der Waals surface area contributed by atoms with Crippen molar-refractivity contribution in [2.75, 3.05) is 11.4 Å². The van der Waals surface area contributed by atoms with Crippen LogP contribution in [0.2, 0.25) is 0 Å². The van der Waals surface area contributed by atoms with Crippen LogP contribution in [0.4, 0.5) is 19.0 Å². The molecule has 0 amide bonds. The summed E-state index contributed by atoms with van der Waals surface area (Å²) in [6.07, 6.45) is 2.25. The van der Waals surface area contributed by atoms with Gasteiger partial charge >= 0.3 is 6.18 Å². The largest absolute Gasteiger partial charge is 0.449 e. The zero-order valence-electron chi connectivity index (χ0n) is 21.2. The van der Waals surface area contributed by atoms with E-state index in [1.54, 1.807) is 6.26 Å². The fourth-order valence-corrected chi connectivity index (χ4v) is 5.08. The Balaban J connectivity index is 1.49. The third-order valence-electron chi connectivity index (χ3n) is 6.91. The van der Waals surface area contributed by atoms with Crippen LogP contribution in [-0.4, -0.2) is 44.3 Å². The minimum Gasteiger partial charge on any atom is -0.449 e. The van der Waals surface area contributed by atoms with Gasteiger partial charge in [-0.05, 0) is 56.5 Å². The molecule has 0 saturated carbocycles. The van der Waals surface area contributed by atoms with E-state index in [-0.39, 0.29) is 6.54 Å². The lowest BCUT2D eigenvalue weighted by Crippen LogP contribution is -2.33. The van der Waals surface area contributed by atoms with Crippen LogP contribution in [0, 0.1) is 0 Å². The summed E-state index contributed by atoms with van der Waals surface area (Å²) in [5, 5.41) is 2.45. The summed E-state index contributed by atoms with van der Waals surface area (Å²) >= 11 is 0. The predicted molar refractivity (Wildman–Crippen MR) is 136 cm³/mol. The zero-order valence-corrected chi connectivity index (χ0v) is 21.2. The average Bonchev–Trinajstić information content (AvgIpc) is 3.56. The van der Waals surface area contributed by atoms with Crippen LogP contribution in [0.15, 0.2) is 47.2 Å². The minimum atomic E-state index is -4.25. The molecule has 0 spiro atoms. The fourth-order valence-electron chi connectivity index (χ4n) is 5.08. The Bertz CT molecular complexity index is 1350. The van der Waals surface area contributed by atoms with Crippen molar-refractivity contribution in [1.82, 2.24) is 24.8 Å². The Morgan fingerprint density at radius 3 is 2.51 bits per heavy atom. The summed E-state index contributed by atoms with van der Waals surface area (Å²) in [7, 11) is 0. The third kappa shape index (κ3) is 5.49. The molecule has 5 rings (SSSR count). The minimum absolute atomic E-state index is 0.100. The molecular formula is C27H31F3N6O. The number of hydrogen-bond donors (Lipinski definition) is 1. The molecule has 4 heterocycles. The zero-order chi connectivity index (χ0) is 26.2. The molecule has 1 aliphatic rings. The van der Waals surface area contributed by atoms with Crippen LogP contribution in [0.25, 0.3) is 22.4 Å². The number of nitrogens with zero attached hydrogens (tertiary/aromatic N) is 5. The first kappa shape index (κ1) is 25.3. The molecule has 1 fully saturated rings.